The largest absolute Gasteiger partial charge is 0.573 e. The van der Waals surface area contributed by atoms with Crippen LogP contribution in [0.25, 0.3) is 16.9 Å². The Labute approximate surface area is 168 Å². The number of aromatic nitrogens is 2. The van der Waals surface area contributed by atoms with E-state index in [0.29, 0.717) is 12.1 Å². The molecule has 1 amide bonds. The monoisotopic (exact) mass is 453 g/mol. The number of ether oxygens (including phenoxy) is 1. The number of nitrogens with zero attached hydrogens (tertiary/aromatic N) is 2. The van der Waals surface area contributed by atoms with E-state index >= 15 is 0 Å². The summed E-state index contributed by atoms with van der Waals surface area (Å²) in [4.78, 5) is 15.9. The fourth-order valence-electron chi connectivity index (χ4n) is 2.69. The maximum Gasteiger partial charge on any atom is 0.573 e. The van der Waals surface area contributed by atoms with Crippen molar-refractivity contribution in [1.82, 2.24) is 9.38 Å². The molecule has 0 aliphatic carbocycles. The summed E-state index contributed by atoms with van der Waals surface area (Å²) in [6.45, 7) is 0. The topological polar surface area (TPSA) is 55.6 Å². The highest BCUT2D eigenvalue weighted by molar-refractivity contribution is 5.94. The molecule has 0 bridgehead atoms. The second kappa shape index (κ2) is 8.04. The highest BCUT2D eigenvalue weighted by Crippen LogP contribution is 2.34. The van der Waals surface area contributed by atoms with Gasteiger partial charge in [-0.1, -0.05) is 0 Å². The molecular formula is C18H11F8N3O2. The molecule has 13 heteroatoms. The van der Waals surface area contributed by atoms with Gasteiger partial charge in [0.2, 0.25) is 5.91 Å². The van der Waals surface area contributed by atoms with Gasteiger partial charge in [-0.3, -0.25) is 9.20 Å². The van der Waals surface area contributed by atoms with E-state index in [4.69, 9.17) is 0 Å². The van der Waals surface area contributed by atoms with Crippen LogP contribution in [0.1, 0.15) is 12.8 Å². The number of imidazole rings is 1. The number of nitrogens with one attached hydrogen (secondary N) is 1. The second-order valence-corrected chi connectivity index (χ2v) is 6.24. The number of halogens is 8. The van der Waals surface area contributed by atoms with Crippen LogP contribution in [-0.2, 0) is 4.79 Å². The Balaban J connectivity index is 2.02. The van der Waals surface area contributed by atoms with Crippen LogP contribution in [0.5, 0.6) is 5.75 Å². The molecule has 31 heavy (non-hydrogen) atoms. The van der Waals surface area contributed by atoms with Crippen molar-refractivity contribution in [2.45, 2.75) is 25.4 Å². The number of rotatable bonds is 5. The molecule has 0 saturated carbocycles. The van der Waals surface area contributed by atoms with E-state index in [1.807, 2.05) is 0 Å². The van der Waals surface area contributed by atoms with Crippen molar-refractivity contribution in [3.05, 3.63) is 48.2 Å². The molecule has 0 aliphatic heterocycles. The Kier molecular flexibility index (Phi) is 5.79. The summed E-state index contributed by atoms with van der Waals surface area (Å²) < 4.78 is 106. The first-order valence-corrected chi connectivity index (χ1v) is 8.42. The van der Waals surface area contributed by atoms with Gasteiger partial charge in [-0.25, -0.2) is 13.8 Å². The van der Waals surface area contributed by atoms with Gasteiger partial charge in [-0.05, 0) is 30.3 Å². The molecule has 0 unspecified atom stereocenters. The molecule has 0 saturated heterocycles. The van der Waals surface area contributed by atoms with Crippen LogP contribution in [0.4, 0.5) is 40.9 Å². The molecular weight excluding hydrogens is 442 g/mol. The zero-order valence-corrected chi connectivity index (χ0v) is 15.1. The van der Waals surface area contributed by atoms with Crippen LogP contribution in [0.15, 0.2) is 36.5 Å². The molecule has 0 atom stereocenters. The second-order valence-electron chi connectivity index (χ2n) is 6.24. The number of pyridine rings is 1. The normalized spacial score (nSPS) is 12.3. The minimum Gasteiger partial charge on any atom is -0.403 e. The maximum atomic E-state index is 14.2. The minimum atomic E-state index is -5.15. The summed E-state index contributed by atoms with van der Waals surface area (Å²) in [5.74, 6) is -4.72. The van der Waals surface area contributed by atoms with Crippen LogP contribution in [0, 0.1) is 11.6 Å². The number of fused-ring (bicyclic) bond motifs is 1. The zero-order chi connectivity index (χ0) is 23.0. The summed E-state index contributed by atoms with van der Waals surface area (Å²) in [5.41, 5.74) is -0.262. The molecule has 2 heterocycles. The van der Waals surface area contributed by atoms with E-state index in [1.54, 1.807) is 0 Å². The summed E-state index contributed by atoms with van der Waals surface area (Å²) in [7, 11) is 0. The third-order valence-corrected chi connectivity index (χ3v) is 3.91. The number of carbonyl (C=O) groups excluding carboxylic acids is 1. The molecule has 1 N–H and O–H groups in total. The van der Waals surface area contributed by atoms with Crippen molar-refractivity contribution in [2.75, 3.05) is 5.32 Å². The first-order valence-electron chi connectivity index (χ1n) is 8.42. The van der Waals surface area contributed by atoms with Crippen molar-refractivity contribution in [3.63, 3.8) is 0 Å². The van der Waals surface area contributed by atoms with Crippen molar-refractivity contribution in [2.24, 2.45) is 0 Å². The van der Waals surface area contributed by atoms with Crippen LogP contribution in [0.2, 0.25) is 0 Å². The molecule has 0 aliphatic rings. The van der Waals surface area contributed by atoms with Gasteiger partial charge in [-0.15, -0.1) is 13.2 Å². The highest BCUT2D eigenvalue weighted by atomic mass is 19.4. The fourth-order valence-corrected chi connectivity index (χ4v) is 2.69. The summed E-state index contributed by atoms with van der Waals surface area (Å²) in [6.07, 6.45) is -11.2. The van der Waals surface area contributed by atoms with Gasteiger partial charge < -0.3 is 10.1 Å². The number of anilines is 1. The van der Waals surface area contributed by atoms with Gasteiger partial charge in [0.15, 0.2) is 17.4 Å². The Morgan fingerprint density at radius 3 is 2.39 bits per heavy atom. The van der Waals surface area contributed by atoms with Crippen LogP contribution >= 0.6 is 0 Å². The van der Waals surface area contributed by atoms with E-state index in [2.05, 4.69) is 15.0 Å². The van der Waals surface area contributed by atoms with E-state index in [9.17, 15) is 39.9 Å². The third-order valence-electron chi connectivity index (χ3n) is 3.91. The maximum absolute atomic E-state index is 14.2. The zero-order valence-electron chi connectivity index (χ0n) is 15.1. The Morgan fingerprint density at radius 2 is 1.77 bits per heavy atom. The first kappa shape index (κ1) is 22.3. The van der Waals surface area contributed by atoms with Crippen LogP contribution in [0.3, 0.4) is 0 Å². The molecule has 0 radical (unpaired) electrons. The number of benzene rings is 1. The summed E-state index contributed by atoms with van der Waals surface area (Å²) in [5, 5.41) is 2.14. The Bertz CT molecular complexity index is 1120. The number of amides is 1. The molecule has 2 aromatic heterocycles. The smallest absolute Gasteiger partial charge is 0.403 e. The van der Waals surface area contributed by atoms with Gasteiger partial charge in [0, 0.05) is 18.2 Å². The first-order chi connectivity index (χ1) is 14.3. The highest BCUT2D eigenvalue weighted by Gasteiger charge is 2.33. The fraction of sp³-hybridized carbons (Fsp3) is 0.222. The third kappa shape index (κ3) is 5.61. The van der Waals surface area contributed by atoms with Gasteiger partial charge in [0.1, 0.15) is 11.5 Å². The van der Waals surface area contributed by atoms with Crippen LogP contribution in [-0.4, -0.2) is 27.8 Å². The van der Waals surface area contributed by atoms with Gasteiger partial charge in [0.25, 0.3) is 0 Å². The average Bonchev–Trinajstić information content (AvgIpc) is 2.97. The molecule has 0 spiro atoms. The Morgan fingerprint density at radius 1 is 1.06 bits per heavy atom. The molecule has 3 rings (SSSR count). The number of hydrogen-bond acceptors (Lipinski definition) is 3. The number of hydrogen-bond donors (Lipinski definition) is 1. The quantitative estimate of drug-likeness (QED) is 0.522. The average molecular weight is 453 g/mol. The lowest BCUT2D eigenvalue weighted by atomic mass is 10.1. The Hall–Kier alpha value is -3.38. The molecule has 5 nitrogen and oxygen atoms in total. The van der Waals surface area contributed by atoms with E-state index in [-0.39, 0.29) is 22.7 Å². The lowest BCUT2D eigenvalue weighted by molar-refractivity contribution is -0.275. The van der Waals surface area contributed by atoms with E-state index in [0.717, 1.165) is 22.7 Å². The van der Waals surface area contributed by atoms with Gasteiger partial charge in [-0.2, -0.15) is 13.2 Å². The molecule has 3 aromatic rings. The summed E-state index contributed by atoms with van der Waals surface area (Å²) >= 11 is 0. The van der Waals surface area contributed by atoms with Crippen molar-refractivity contribution in [3.8, 4) is 17.0 Å². The number of alkyl halides is 6. The SMILES string of the molecule is O=C(CCC(F)(F)F)Nc1nc2ccc(F)cn2c1-c1ccc(OC(F)(F)F)c(F)c1. The van der Waals surface area contributed by atoms with Crippen molar-refractivity contribution < 1.29 is 44.7 Å². The predicted molar refractivity (Wildman–Crippen MR) is 91.1 cm³/mol. The van der Waals surface area contributed by atoms with E-state index in [1.165, 1.54) is 6.07 Å². The predicted octanol–water partition coefficient (Wildman–Crippen LogP) is 5.46. The van der Waals surface area contributed by atoms with Crippen molar-refractivity contribution >= 4 is 17.4 Å². The standard InChI is InChI=1S/C18H11F8N3O2/c19-10-2-4-13-27-16(28-14(30)5-6-17(21,22)23)15(29(13)8-10)9-1-3-12(11(20)7-9)31-18(24,25)26/h1-4,7-8H,5-6H2,(H,28,30). The molecule has 166 valence electrons. The molecule has 0 fully saturated rings. The minimum absolute atomic E-state index is 0.0403. The van der Waals surface area contributed by atoms with Gasteiger partial charge >= 0.3 is 12.5 Å². The van der Waals surface area contributed by atoms with Crippen LogP contribution < -0.4 is 10.1 Å². The lowest BCUT2D eigenvalue weighted by Gasteiger charge is -2.12. The lowest BCUT2D eigenvalue weighted by Crippen LogP contribution is -2.18. The summed E-state index contributed by atoms with van der Waals surface area (Å²) in [6, 6.07) is 4.47. The van der Waals surface area contributed by atoms with E-state index < -0.39 is 48.7 Å². The number of carbonyl (C=O) groups is 1. The van der Waals surface area contributed by atoms with Gasteiger partial charge in [0.05, 0.1) is 12.1 Å². The van der Waals surface area contributed by atoms with Crippen molar-refractivity contribution in [1.29, 1.82) is 0 Å². The molecule has 1 aromatic carbocycles.